The molecule has 0 aliphatic rings. The fourth-order valence-electron chi connectivity index (χ4n) is 2.55. The number of anilines is 3. The Morgan fingerprint density at radius 3 is 2.26 bits per heavy atom. The van der Waals surface area contributed by atoms with E-state index < -0.39 is 10.8 Å². The van der Waals surface area contributed by atoms with Gasteiger partial charge in [-0.1, -0.05) is 12.1 Å². The molecule has 8 nitrogen and oxygen atoms in total. The Balaban J connectivity index is 1.73. The third-order valence-electron chi connectivity index (χ3n) is 3.73. The van der Waals surface area contributed by atoms with Gasteiger partial charge >= 0.3 is 0 Å². The highest BCUT2D eigenvalue weighted by molar-refractivity contribution is 6.05. The van der Waals surface area contributed by atoms with Crippen LogP contribution < -0.4 is 10.6 Å². The van der Waals surface area contributed by atoms with E-state index >= 15 is 0 Å². The van der Waals surface area contributed by atoms with Crippen LogP contribution in [0.5, 0.6) is 0 Å². The van der Waals surface area contributed by atoms with Crippen LogP contribution in [0, 0.1) is 24.0 Å². The zero-order valence-corrected chi connectivity index (χ0v) is 14.8. The van der Waals surface area contributed by atoms with E-state index in [9.17, 15) is 14.9 Å². The molecule has 2 N–H and O–H groups in total. The lowest BCUT2D eigenvalue weighted by Crippen LogP contribution is -2.13. The molecule has 0 saturated heterocycles. The van der Waals surface area contributed by atoms with E-state index in [1.54, 1.807) is 36.4 Å². The van der Waals surface area contributed by atoms with Crippen LogP contribution >= 0.6 is 0 Å². The number of nitrogens with zero attached hydrogens (tertiary/aromatic N) is 3. The van der Waals surface area contributed by atoms with Gasteiger partial charge in [-0.05, 0) is 50.2 Å². The topological polar surface area (TPSA) is 110 Å². The smallest absolute Gasteiger partial charge is 0.292 e. The summed E-state index contributed by atoms with van der Waals surface area (Å²) in [5.74, 6) is 0.0445. The van der Waals surface area contributed by atoms with Crippen LogP contribution in [0.25, 0.3) is 0 Å². The monoisotopic (exact) mass is 363 g/mol. The second kappa shape index (κ2) is 7.61. The highest BCUT2D eigenvalue weighted by Crippen LogP contribution is 2.24. The normalized spacial score (nSPS) is 10.3. The van der Waals surface area contributed by atoms with Gasteiger partial charge in [-0.15, -0.1) is 0 Å². The molecule has 136 valence electrons. The number of hydrogen-bond acceptors (Lipinski definition) is 6. The molecule has 0 unspecified atom stereocenters. The average molecular weight is 363 g/mol. The first-order valence-corrected chi connectivity index (χ1v) is 8.16. The van der Waals surface area contributed by atoms with Crippen molar-refractivity contribution in [3.8, 4) is 0 Å². The van der Waals surface area contributed by atoms with E-state index in [2.05, 4.69) is 20.6 Å². The van der Waals surface area contributed by atoms with Gasteiger partial charge in [0.2, 0.25) is 5.95 Å². The van der Waals surface area contributed by atoms with Crippen LogP contribution in [0.15, 0.2) is 54.6 Å². The maximum Gasteiger partial charge on any atom is 0.292 e. The largest absolute Gasteiger partial charge is 0.324 e. The molecule has 3 rings (SSSR count). The molecule has 27 heavy (non-hydrogen) atoms. The Labute approximate surface area is 155 Å². The van der Waals surface area contributed by atoms with Crippen molar-refractivity contribution in [1.82, 2.24) is 9.97 Å². The molecule has 3 aromatic rings. The van der Waals surface area contributed by atoms with Crippen molar-refractivity contribution in [2.75, 3.05) is 10.6 Å². The Hall–Kier alpha value is -3.81. The van der Waals surface area contributed by atoms with E-state index in [-0.39, 0.29) is 11.4 Å². The lowest BCUT2D eigenvalue weighted by atomic mass is 10.2. The third-order valence-corrected chi connectivity index (χ3v) is 3.73. The molecule has 0 aliphatic carbocycles. The van der Waals surface area contributed by atoms with Crippen LogP contribution in [-0.4, -0.2) is 20.8 Å². The van der Waals surface area contributed by atoms with Gasteiger partial charge < -0.3 is 10.6 Å². The van der Waals surface area contributed by atoms with Crippen molar-refractivity contribution >= 4 is 28.9 Å². The number of aromatic nitrogens is 2. The van der Waals surface area contributed by atoms with Crippen LogP contribution in [0.4, 0.5) is 23.0 Å². The molecule has 2 aromatic carbocycles. The Morgan fingerprint density at radius 2 is 1.63 bits per heavy atom. The molecule has 1 amide bonds. The van der Waals surface area contributed by atoms with Crippen molar-refractivity contribution < 1.29 is 9.72 Å². The molecule has 1 heterocycles. The van der Waals surface area contributed by atoms with E-state index in [4.69, 9.17) is 0 Å². The van der Waals surface area contributed by atoms with E-state index in [1.165, 1.54) is 12.1 Å². The standard InChI is InChI=1S/C19H17N5O3/c1-12-11-13(2)21-19(20-12)22-15-9-7-14(8-10-15)18(25)23-16-5-3-4-6-17(16)24(26)27/h3-11H,1-2H3,(H,23,25)(H,20,21,22). The SMILES string of the molecule is Cc1cc(C)nc(Nc2ccc(C(=O)Nc3ccccc3[N+](=O)[O-])cc2)n1. The summed E-state index contributed by atoms with van der Waals surface area (Å²) in [6.07, 6.45) is 0. The van der Waals surface area contributed by atoms with Gasteiger partial charge in [-0.2, -0.15) is 0 Å². The number of para-hydroxylation sites is 2. The number of hydrogen-bond donors (Lipinski definition) is 2. The highest BCUT2D eigenvalue weighted by Gasteiger charge is 2.15. The van der Waals surface area contributed by atoms with Crippen LogP contribution in [-0.2, 0) is 0 Å². The van der Waals surface area contributed by atoms with Gasteiger partial charge in [0.1, 0.15) is 5.69 Å². The minimum atomic E-state index is -0.535. The van der Waals surface area contributed by atoms with Crippen LogP contribution in [0.2, 0.25) is 0 Å². The summed E-state index contributed by atoms with van der Waals surface area (Å²) in [6.45, 7) is 3.77. The molecule has 0 aliphatic heterocycles. The second-order valence-corrected chi connectivity index (χ2v) is 5.91. The zero-order chi connectivity index (χ0) is 19.4. The summed E-state index contributed by atoms with van der Waals surface area (Å²) >= 11 is 0. The average Bonchev–Trinajstić information content (AvgIpc) is 2.61. The number of amides is 1. The number of rotatable bonds is 5. The van der Waals surface area contributed by atoms with E-state index in [0.29, 0.717) is 11.5 Å². The van der Waals surface area contributed by atoms with Crippen LogP contribution in [0.3, 0.4) is 0 Å². The fourth-order valence-corrected chi connectivity index (χ4v) is 2.55. The maximum absolute atomic E-state index is 12.4. The predicted octanol–water partition coefficient (Wildman–Crippen LogP) is 4.00. The Bertz CT molecular complexity index is 982. The minimum Gasteiger partial charge on any atom is -0.324 e. The Morgan fingerprint density at radius 1 is 1.00 bits per heavy atom. The Kier molecular flexibility index (Phi) is 5.07. The molecule has 0 saturated carbocycles. The molecule has 0 spiro atoms. The number of nitrogens with one attached hydrogen (secondary N) is 2. The first-order chi connectivity index (χ1) is 12.9. The number of nitro groups is 1. The summed E-state index contributed by atoms with van der Waals surface area (Å²) in [7, 11) is 0. The molecule has 8 heteroatoms. The van der Waals surface area contributed by atoms with Gasteiger partial charge in [0, 0.05) is 28.7 Å². The van der Waals surface area contributed by atoms with Crippen molar-refractivity contribution in [3.63, 3.8) is 0 Å². The number of carbonyl (C=O) groups excluding carboxylic acids is 1. The number of nitro benzene ring substituents is 1. The summed E-state index contributed by atoms with van der Waals surface area (Å²) in [4.78, 5) is 31.5. The van der Waals surface area contributed by atoms with E-state index in [1.807, 2.05) is 19.9 Å². The molecular formula is C19H17N5O3. The number of benzene rings is 2. The number of aryl methyl sites for hydroxylation is 2. The van der Waals surface area contributed by atoms with Gasteiger partial charge in [-0.3, -0.25) is 14.9 Å². The van der Waals surface area contributed by atoms with Gasteiger partial charge in [0.15, 0.2) is 0 Å². The van der Waals surface area contributed by atoms with Crippen molar-refractivity contribution in [3.05, 3.63) is 81.7 Å². The molecule has 0 radical (unpaired) electrons. The predicted molar refractivity (Wildman–Crippen MR) is 102 cm³/mol. The zero-order valence-electron chi connectivity index (χ0n) is 14.8. The highest BCUT2D eigenvalue weighted by atomic mass is 16.6. The van der Waals surface area contributed by atoms with Gasteiger partial charge in [-0.25, -0.2) is 9.97 Å². The third kappa shape index (κ3) is 4.43. The maximum atomic E-state index is 12.4. The first kappa shape index (κ1) is 18.0. The molecule has 0 atom stereocenters. The number of carbonyl (C=O) groups is 1. The summed E-state index contributed by atoms with van der Waals surface area (Å²) in [5, 5.41) is 16.7. The van der Waals surface area contributed by atoms with Crippen molar-refractivity contribution in [1.29, 1.82) is 0 Å². The van der Waals surface area contributed by atoms with Gasteiger partial charge in [0.05, 0.1) is 4.92 Å². The van der Waals surface area contributed by atoms with Crippen LogP contribution in [0.1, 0.15) is 21.7 Å². The summed E-state index contributed by atoms with van der Waals surface area (Å²) in [6, 6.07) is 14.6. The summed E-state index contributed by atoms with van der Waals surface area (Å²) < 4.78 is 0. The van der Waals surface area contributed by atoms with Crippen molar-refractivity contribution in [2.45, 2.75) is 13.8 Å². The molecular weight excluding hydrogens is 346 g/mol. The van der Waals surface area contributed by atoms with E-state index in [0.717, 1.165) is 17.1 Å². The fraction of sp³-hybridized carbons (Fsp3) is 0.105. The lowest BCUT2D eigenvalue weighted by Gasteiger charge is -2.08. The summed E-state index contributed by atoms with van der Waals surface area (Å²) in [5.41, 5.74) is 2.80. The molecule has 0 bridgehead atoms. The second-order valence-electron chi connectivity index (χ2n) is 5.91. The van der Waals surface area contributed by atoms with Gasteiger partial charge in [0.25, 0.3) is 11.6 Å². The van der Waals surface area contributed by atoms with Crippen molar-refractivity contribution in [2.24, 2.45) is 0 Å². The molecule has 0 fully saturated rings. The molecule has 1 aromatic heterocycles. The lowest BCUT2D eigenvalue weighted by molar-refractivity contribution is -0.383. The quantitative estimate of drug-likeness (QED) is 0.524. The minimum absolute atomic E-state index is 0.151. The first-order valence-electron chi connectivity index (χ1n) is 8.16.